The van der Waals surface area contributed by atoms with Crippen molar-refractivity contribution in [2.24, 2.45) is 0 Å². The molecule has 0 saturated carbocycles. The molecule has 0 fully saturated rings. The van der Waals surface area contributed by atoms with Gasteiger partial charge in [-0.25, -0.2) is 0 Å². The van der Waals surface area contributed by atoms with E-state index in [-0.39, 0.29) is 0 Å². The summed E-state index contributed by atoms with van der Waals surface area (Å²) in [7, 11) is 1.57. The first kappa shape index (κ1) is 12.5. The summed E-state index contributed by atoms with van der Waals surface area (Å²) in [6, 6.07) is 3.69. The summed E-state index contributed by atoms with van der Waals surface area (Å²) >= 11 is 12.1. The monoisotopic (exact) mass is 247 g/mol. The molecular formula is C11H15Cl2NO. The molecule has 0 aliphatic carbocycles. The lowest BCUT2D eigenvalue weighted by Crippen LogP contribution is -2.01. The Bertz CT molecular complexity index is 329. The molecule has 0 spiro atoms. The van der Waals surface area contributed by atoms with E-state index >= 15 is 0 Å². The van der Waals surface area contributed by atoms with Gasteiger partial charge in [0.05, 0.1) is 17.8 Å². The molecule has 0 aromatic heterocycles. The van der Waals surface area contributed by atoms with Crippen LogP contribution in [0.5, 0.6) is 5.75 Å². The zero-order chi connectivity index (χ0) is 11.3. The number of halogens is 2. The van der Waals surface area contributed by atoms with E-state index in [1.165, 1.54) is 0 Å². The molecule has 0 aliphatic rings. The van der Waals surface area contributed by atoms with E-state index in [1.807, 2.05) is 12.1 Å². The van der Waals surface area contributed by atoms with Crippen LogP contribution >= 0.6 is 23.2 Å². The van der Waals surface area contributed by atoms with E-state index in [4.69, 9.17) is 27.9 Å². The number of benzene rings is 1. The van der Waals surface area contributed by atoms with Crippen molar-refractivity contribution in [1.29, 1.82) is 0 Å². The summed E-state index contributed by atoms with van der Waals surface area (Å²) in [5.41, 5.74) is 0.857. The Morgan fingerprint density at radius 2 is 2.00 bits per heavy atom. The third kappa shape index (κ3) is 3.18. The van der Waals surface area contributed by atoms with Gasteiger partial charge in [-0.15, -0.1) is 0 Å². The molecule has 0 radical (unpaired) electrons. The summed E-state index contributed by atoms with van der Waals surface area (Å²) in [6.45, 7) is 3.04. The van der Waals surface area contributed by atoms with Crippen LogP contribution < -0.4 is 10.1 Å². The van der Waals surface area contributed by atoms with Crippen molar-refractivity contribution in [2.45, 2.75) is 19.8 Å². The molecule has 0 heterocycles. The van der Waals surface area contributed by atoms with Crippen molar-refractivity contribution < 1.29 is 4.74 Å². The Labute approximate surface area is 101 Å². The van der Waals surface area contributed by atoms with Gasteiger partial charge in [0.2, 0.25) is 0 Å². The number of hydrogen-bond donors (Lipinski definition) is 1. The van der Waals surface area contributed by atoms with Crippen LogP contribution in [0.25, 0.3) is 0 Å². The lowest BCUT2D eigenvalue weighted by molar-refractivity contribution is 0.415. The Balaban J connectivity index is 2.77. The lowest BCUT2D eigenvalue weighted by atomic mass is 10.2. The van der Waals surface area contributed by atoms with Gasteiger partial charge < -0.3 is 10.1 Å². The zero-order valence-electron chi connectivity index (χ0n) is 8.94. The van der Waals surface area contributed by atoms with Crippen LogP contribution in [0, 0.1) is 0 Å². The second-order valence-corrected chi connectivity index (χ2v) is 3.98. The second kappa shape index (κ2) is 6.09. The largest absolute Gasteiger partial charge is 0.495 e. The minimum atomic E-state index is 0.459. The molecule has 0 atom stereocenters. The quantitative estimate of drug-likeness (QED) is 0.788. The van der Waals surface area contributed by atoms with Crippen molar-refractivity contribution in [1.82, 2.24) is 0 Å². The molecule has 0 bridgehead atoms. The summed E-state index contributed by atoms with van der Waals surface area (Å²) < 4.78 is 5.06. The first-order valence-corrected chi connectivity index (χ1v) is 5.72. The first-order valence-electron chi connectivity index (χ1n) is 4.96. The molecule has 1 aromatic carbocycles. The number of methoxy groups -OCH3 is 1. The zero-order valence-corrected chi connectivity index (χ0v) is 10.5. The van der Waals surface area contributed by atoms with E-state index < -0.39 is 0 Å². The molecule has 0 amide bonds. The van der Waals surface area contributed by atoms with Gasteiger partial charge in [0, 0.05) is 6.54 Å². The molecule has 1 aromatic rings. The maximum Gasteiger partial charge on any atom is 0.139 e. The molecule has 15 heavy (non-hydrogen) atoms. The minimum Gasteiger partial charge on any atom is -0.495 e. The van der Waals surface area contributed by atoms with Gasteiger partial charge >= 0.3 is 0 Å². The Morgan fingerprint density at radius 1 is 1.27 bits per heavy atom. The number of anilines is 1. The standard InChI is InChI=1S/C11H15Cl2NO/c1-3-4-7-14-8-5-6-9(15-2)11(13)10(8)12/h5-6,14H,3-4,7H2,1-2H3. The van der Waals surface area contributed by atoms with E-state index in [0.29, 0.717) is 15.8 Å². The van der Waals surface area contributed by atoms with Crippen molar-refractivity contribution in [3.8, 4) is 5.75 Å². The van der Waals surface area contributed by atoms with Gasteiger partial charge in [-0.05, 0) is 18.6 Å². The second-order valence-electron chi connectivity index (χ2n) is 3.22. The predicted molar refractivity (Wildman–Crippen MR) is 66.4 cm³/mol. The molecule has 1 N–H and O–H groups in total. The highest BCUT2D eigenvalue weighted by Crippen LogP contribution is 2.37. The fraction of sp³-hybridized carbons (Fsp3) is 0.455. The van der Waals surface area contributed by atoms with Gasteiger partial charge in [0.15, 0.2) is 0 Å². The van der Waals surface area contributed by atoms with Crippen molar-refractivity contribution in [3.05, 3.63) is 22.2 Å². The molecule has 0 unspecified atom stereocenters. The minimum absolute atomic E-state index is 0.459. The maximum atomic E-state index is 6.08. The van der Waals surface area contributed by atoms with E-state index in [1.54, 1.807) is 7.11 Å². The van der Waals surface area contributed by atoms with Crippen LogP contribution in [0.1, 0.15) is 19.8 Å². The average Bonchev–Trinajstić information content (AvgIpc) is 2.25. The van der Waals surface area contributed by atoms with E-state index in [2.05, 4.69) is 12.2 Å². The van der Waals surface area contributed by atoms with Crippen LogP contribution in [0.15, 0.2) is 12.1 Å². The van der Waals surface area contributed by atoms with Gasteiger partial charge in [0.1, 0.15) is 10.8 Å². The third-order valence-electron chi connectivity index (χ3n) is 2.11. The van der Waals surface area contributed by atoms with Gasteiger partial charge in [-0.1, -0.05) is 36.5 Å². The highest BCUT2D eigenvalue weighted by Gasteiger charge is 2.09. The summed E-state index contributed by atoms with van der Waals surface area (Å²) in [5.74, 6) is 0.600. The Morgan fingerprint density at radius 3 is 2.60 bits per heavy atom. The fourth-order valence-corrected chi connectivity index (χ4v) is 1.69. The summed E-state index contributed by atoms with van der Waals surface area (Å²) in [4.78, 5) is 0. The maximum absolute atomic E-state index is 6.08. The highest BCUT2D eigenvalue weighted by atomic mass is 35.5. The molecule has 84 valence electrons. The summed E-state index contributed by atoms with van der Waals surface area (Å²) in [6.07, 6.45) is 2.26. The van der Waals surface area contributed by atoms with Crippen LogP contribution in [0.3, 0.4) is 0 Å². The predicted octanol–water partition coefficient (Wildman–Crippen LogP) is 4.21. The van der Waals surface area contributed by atoms with Gasteiger partial charge in [-0.3, -0.25) is 0 Å². The summed E-state index contributed by atoms with van der Waals surface area (Å²) in [5, 5.41) is 4.21. The van der Waals surface area contributed by atoms with E-state index in [9.17, 15) is 0 Å². The number of nitrogens with one attached hydrogen (secondary N) is 1. The van der Waals surface area contributed by atoms with Crippen LogP contribution in [0.4, 0.5) is 5.69 Å². The third-order valence-corrected chi connectivity index (χ3v) is 2.98. The normalized spacial score (nSPS) is 10.1. The molecule has 2 nitrogen and oxygen atoms in total. The van der Waals surface area contributed by atoms with Gasteiger partial charge in [-0.2, -0.15) is 0 Å². The Hall–Kier alpha value is -0.600. The van der Waals surface area contributed by atoms with Crippen LogP contribution in [-0.2, 0) is 0 Å². The van der Waals surface area contributed by atoms with E-state index in [0.717, 1.165) is 25.1 Å². The highest BCUT2D eigenvalue weighted by molar-refractivity contribution is 6.44. The molecule has 1 rings (SSSR count). The van der Waals surface area contributed by atoms with Crippen LogP contribution in [-0.4, -0.2) is 13.7 Å². The lowest BCUT2D eigenvalue weighted by Gasteiger charge is -2.11. The number of ether oxygens (including phenoxy) is 1. The number of hydrogen-bond acceptors (Lipinski definition) is 2. The van der Waals surface area contributed by atoms with Crippen LogP contribution in [0.2, 0.25) is 10.0 Å². The fourth-order valence-electron chi connectivity index (χ4n) is 1.23. The topological polar surface area (TPSA) is 21.3 Å². The molecular weight excluding hydrogens is 233 g/mol. The SMILES string of the molecule is CCCCNc1ccc(OC)c(Cl)c1Cl. The molecule has 0 saturated heterocycles. The number of rotatable bonds is 5. The van der Waals surface area contributed by atoms with Crippen molar-refractivity contribution in [2.75, 3.05) is 19.0 Å². The van der Waals surface area contributed by atoms with Crippen molar-refractivity contribution >= 4 is 28.9 Å². The molecule has 4 heteroatoms. The first-order chi connectivity index (χ1) is 7.20. The number of unbranched alkanes of at least 4 members (excludes halogenated alkanes) is 1. The smallest absolute Gasteiger partial charge is 0.139 e. The average molecular weight is 248 g/mol. The van der Waals surface area contributed by atoms with Gasteiger partial charge in [0.25, 0.3) is 0 Å². The molecule has 0 aliphatic heterocycles. The van der Waals surface area contributed by atoms with Crippen molar-refractivity contribution in [3.63, 3.8) is 0 Å². The Kier molecular flexibility index (Phi) is 5.06.